The average Bonchev–Trinajstić information content (AvgIpc) is 2.91. The zero-order chi connectivity index (χ0) is 26.0. The van der Waals surface area contributed by atoms with Crippen LogP contribution < -0.4 is 20.4 Å². The van der Waals surface area contributed by atoms with Gasteiger partial charge in [0.05, 0.1) is 0 Å². The lowest BCUT2D eigenvalue weighted by Crippen LogP contribution is -2.28. The average molecular weight is 498 g/mol. The van der Waals surface area contributed by atoms with Gasteiger partial charge in [0.15, 0.2) is 0 Å². The molecular formula is C30H27NO6. The molecule has 0 spiro atoms. The number of amides is 1. The Morgan fingerprint density at radius 1 is 0.946 bits per heavy atom. The molecule has 4 rings (SSSR count). The molecule has 7 nitrogen and oxygen atoms in total. The molecule has 0 fully saturated rings. The van der Waals surface area contributed by atoms with E-state index in [0.717, 1.165) is 29.7 Å². The Balaban J connectivity index is 1.35. The number of hydrogen-bond donors (Lipinski definition) is 1. The van der Waals surface area contributed by atoms with Crippen molar-refractivity contribution in [2.75, 3.05) is 6.54 Å². The lowest BCUT2D eigenvalue weighted by atomic mass is 10.1. The van der Waals surface area contributed by atoms with E-state index in [1.165, 1.54) is 18.2 Å². The van der Waals surface area contributed by atoms with Crippen LogP contribution in [0.2, 0.25) is 0 Å². The van der Waals surface area contributed by atoms with E-state index in [2.05, 4.69) is 5.32 Å². The Morgan fingerprint density at radius 3 is 2.46 bits per heavy atom. The summed E-state index contributed by atoms with van der Waals surface area (Å²) in [5.74, 6) is -0.114. The number of unbranched alkanes of at least 4 members (excludes halogenated alkanes) is 1. The molecule has 1 amide bonds. The number of benzene rings is 3. The molecule has 0 aliphatic heterocycles. The zero-order valence-corrected chi connectivity index (χ0v) is 20.4. The van der Waals surface area contributed by atoms with Gasteiger partial charge in [-0.3, -0.25) is 4.79 Å². The monoisotopic (exact) mass is 497 g/mol. The highest BCUT2D eigenvalue weighted by Gasteiger charge is 2.14. The highest BCUT2D eigenvalue weighted by molar-refractivity contribution is 5.97. The van der Waals surface area contributed by atoms with Gasteiger partial charge in [-0.2, -0.15) is 0 Å². The fourth-order valence-electron chi connectivity index (χ4n) is 3.52. The van der Waals surface area contributed by atoms with Crippen LogP contribution in [0.25, 0.3) is 17.0 Å². The van der Waals surface area contributed by atoms with Crippen molar-refractivity contribution in [3.63, 3.8) is 0 Å². The van der Waals surface area contributed by atoms with E-state index in [1.54, 1.807) is 18.2 Å². The van der Waals surface area contributed by atoms with E-state index in [1.807, 2.05) is 61.5 Å². The highest BCUT2D eigenvalue weighted by Crippen LogP contribution is 2.21. The smallest absolute Gasteiger partial charge is 0.349 e. The van der Waals surface area contributed by atoms with Crippen molar-refractivity contribution in [2.24, 2.45) is 0 Å². The lowest BCUT2D eigenvalue weighted by molar-refractivity contribution is -0.128. The molecule has 4 aromatic rings. The second-order valence-corrected chi connectivity index (χ2v) is 8.35. The number of ether oxygens (including phenoxy) is 2. The summed E-state index contributed by atoms with van der Waals surface area (Å²) in [6.45, 7) is 2.97. The van der Waals surface area contributed by atoms with Crippen LogP contribution in [0.15, 0.2) is 94.2 Å². The summed E-state index contributed by atoms with van der Waals surface area (Å²) in [6, 6.07) is 23.3. The van der Waals surface area contributed by atoms with Crippen LogP contribution in [0.4, 0.5) is 0 Å². The van der Waals surface area contributed by atoms with Gasteiger partial charge in [0.25, 0.3) is 5.91 Å². The fraction of sp³-hybridized carbons (Fsp3) is 0.167. The van der Waals surface area contributed by atoms with Crippen molar-refractivity contribution in [3.8, 4) is 11.5 Å². The summed E-state index contributed by atoms with van der Waals surface area (Å²) in [6.07, 6.45) is 4.69. The Bertz CT molecular complexity index is 1460. The number of nitrogens with one attached hydrogen (secondary N) is 1. The van der Waals surface area contributed by atoms with E-state index >= 15 is 0 Å². The summed E-state index contributed by atoms with van der Waals surface area (Å²) in [7, 11) is 0. The molecule has 0 unspecified atom stereocenters. The molecule has 188 valence electrons. The number of esters is 1. The minimum absolute atomic E-state index is 0.0623. The van der Waals surface area contributed by atoms with Gasteiger partial charge in [-0.1, -0.05) is 55.8 Å². The third-order valence-corrected chi connectivity index (χ3v) is 5.53. The summed E-state index contributed by atoms with van der Waals surface area (Å²) in [5, 5.41) is 3.25. The number of fused-ring (bicyclic) bond motifs is 1. The molecule has 0 atom stereocenters. The van der Waals surface area contributed by atoms with E-state index in [4.69, 9.17) is 13.9 Å². The van der Waals surface area contributed by atoms with E-state index in [-0.39, 0.29) is 16.9 Å². The number of carbonyl (C=O) groups is 2. The zero-order valence-electron chi connectivity index (χ0n) is 20.4. The first-order valence-corrected chi connectivity index (χ1v) is 12.0. The summed E-state index contributed by atoms with van der Waals surface area (Å²) in [5.41, 5.74) is 1.29. The first kappa shape index (κ1) is 25.4. The quantitative estimate of drug-likeness (QED) is 0.102. The third-order valence-electron chi connectivity index (χ3n) is 5.53. The molecule has 0 radical (unpaired) electrons. The van der Waals surface area contributed by atoms with Gasteiger partial charge >= 0.3 is 11.6 Å². The maximum Gasteiger partial charge on any atom is 0.349 e. The van der Waals surface area contributed by atoms with Crippen LogP contribution in [0, 0.1) is 0 Å². The van der Waals surface area contributed by atoms with Crippen LogP contribution >= 0.6 is 0 Å². The summed E-state index contributed by atoms with van der Waals surface area (Å²) in [4.78, 5) is 36.8. The number of rotatable bonds is 10. The predicted octanol–water partition coefficient (Wildman–Crippen LogP) is 5.52. The molecule has 7 heteroatoms. The number of carbonyl (C=O) groups excluding carboxylic acids is 2. The molecule has 1 N–H and O–H groups in total. The molecule has 1 aromatic heterocycles. The van der Waals surface area contributed by atoms with Gasteiger partial charge < -0.3 is 19.2 Å². The van der Waals surface area contributed by atoms with Crippen LogP contribution in [0.3, 0.4) is 0 Å². The SMILES string of the molecule is CCCCNC(=O)c1cc2ccc(OC(=O)/C=C/c3ccc(OCc4ccccc4)cc3)cc2oc1=O. The normalized spacial score (nSPS) is 10.9. The van der Waals surface area contributed by atoms with Crippen LogP contribution in [0.1, 0.15) is 41.3 Å². The Morgan fingerprint density at radius 2 is 1.70 bits per heavy atom. The first-order chi connectivity index (χ1) is 18.0. The standard InChI is InChI=1S/C30H27NO6/c1-2-3-17-31-29(33)26-18-23-12-15-25(19-27(23)37-30(26)34)36-28(32)16-11-21-9-13-24(14-10-21)35-20-22-7-5-4-6-8-22/h4-16,18-19H,2-3,17,20H2,1H3,(H,31,33)/b16-11+. The van der Waals surface area contributed by atoms with Gasteiger partial charge in [-0.25, -0.2) is 9.59 Å². The minimum Gasteiger partial charge on any atom is -0.489 e. The van der Waals surface area contributed by atoms with Gasteiger partial charge in [-0.05, 0) is 54.0 Å². The van der Waals surface area contributed by atoms with Gasteiger partial charge in [0, 0.05) is 24.1 Å². The van der Waals surface area contributed by atoms with Crippen LogP contribution in [-0.2, 0) is 11.4 Å². The Kier molecular flexibility index (Phi) is 8.49. The van der Waals surface area contributed by atoms with Crippen molar-refractivity contribution in [1.29, 1.82) is 0 Å². The molecule has 37 heavy (non-hydrogen) atoms. The van der Waals surface area contributed by atoms with Crippen molar-refractivity contribution in [3.05, 3.63) is 112 Å². The third kappa shape index (κ3) is 7.18. The van der Waals surface area contributed by atoms with E-state index < -0.39 is 17.5 Å². The topological polar surface area (TPSA) is 94.8 Å². The molecule has 0 aliphatic carbocycles. The maximum atomic E-state index is 12.3. The summed E-state index contributed by atoms with van der Waals surface area (Å²) < 4.78 is 16.4. The van der Waals surface area contributed by atoms with Gasteiger partial charge in [0.1, 0.15) is 29.3 Å². The molecule has 1 heterocycles. The lowest BCUT2D eigenvalue weighted by Gasteiger charge is -2.06. The van der Waals surface area contributed by atoms with Gasteiger partial charge in [0.2, 0.25) is 0 Å². The summed E-state index contributed by atoms with van der Waals surface area (Å²) >= 11 is 0. The molecule has 3 aromatic carbocycles. The van der Waals surface area contributed by atoms with Crippen molar-refractivity contribution >= 4 is 28.9 Å². The molecule has 0 bridgehead atoms. The second-order valence-electron chi connectivity index (χ2n) is 8.35. The minimum atomic E-state index is -0.749. The molecule has 0 saturated carbocycles. The fourth-order valence-corrected chi connectivity index (χ4v) is 3.52. The van der Waals surface area contributed by atoms with Crippen molar-refractivity contribution in [1.82, 2.24) is 5.32 Å². The molecule has 0 aliphatic rings. The van der Waals surface area contributed by atoms with Crippen LogP contribution in [0.5, 0.6) is 11.5 Å². The van der Waals surface area contributed by atoms with E-state index in [0.29, 0.717) is 18.5 Å². The Hall–Kier alpha value is -4.65. The largest absolute Gasteiger partial charge is 0.489 e. The second kappa shape index (κ2) is 12.4. The van der Waals surface area contributed by atoms with Crippen molar-refractivity contribution in [2.45, 2.75) is 26.4 Å². The predicted molar refractivity (Wildman–Crippen MR) is 142 cm³/mol. The Labute approximate surface area is 214 Å². The molecular weight excluding hydrogens is 470 g/mol. The van der Waals surface area contributed by atoms with E-state index in [9.17, 15) is 14.4 Å². The number of hydrogen-bond acceptors (Lipinski definition) is 6. The maximum absolute atomic E-state index is 12.3. The molecule has 0 saturated heterocycles. The van der Waals surface area contributed by atoms with Gasteiger partial charge in [-0.15, -0.1) is 0 Å². The van der Waals surface area contributed by atoms with Crippen LogP contribution in [-0.4, -0.2) is 18.4 Å². The van der Waals surface area contributed by atoms with Crippen molar-refractivity contribution < 1.29 is 23.5 Å². The first-order valence-electron chi connectivity index (χ1n) is 12.0. The highest BCUT2D eigenvalue weighted by atomic mass is 16.5.